The average Bonchev–Trinajstić information content (AvgIpc) is 3.09. The maximum absolute atomic E-state index is 2.54. The second kappa shape index (κ2) is 3.25. The minimum absolute atomic E-state index is 0.921. The second-order valence-corrected chi connectivity index (χ2v) is 6.53. The van der Waals surface area contributed by atoms with E-state index in [1.165, 1.54) is 25.2 Å². The molecular weight excluding hydrogens is 180 g/mol. The first-order valence-electron chi connectivity index (χ1n) is 7.25. The molecule has 0 radical (unpaired) electrons. The Morgan fingerprint density at radius 2 is 2.07 bits per heavy atom. The van der Waals surface area contributed by atoms with Crippen LogP contribution in [0.1, 0.15) is 59.3 Å². The van der Waals surface area contributed by atoms with Crippen molar-refractivity contribution in [2.24, 2.45) is 35.0 Å². The molecule has 3 rings (SSSR count). The van der Waals surface area contributed by atoms with Gasteiger partial charge in [-0.1, -0.05) is 40.0 Å². The first-order valence-corrected chi connectivity index (χ1v) is 7.25. The van der Waals surface area contributed by atoms with Crippen LogP contribution in [0.5, 0.6) is 0 Å². The van der Waals surface area contributed by atoms with Crippen LogP contribution in [0.3, 0.4) is 0 Å². The first-order chi connectivity index (χ1) is 7.25. The number of rotatable bonds is 4. The highest BCUT2D eigenvalue weighted by molar-refractivity contribution is 5.26. The van der Waals surface area contributed by atoms with E-state index in [9.17, 15) is 0 Å². The summed E-state index contributed by atoms with van der Waals surface area (Å²) in [7, 11) is 0. The van der Waals surface area contributed by atoms with Crippen LogP contribution in [0.15, 0.2) is 0 Å². The smallest absolute Gasteiger partial charge is 0.0204 e. The van der Waals surface area contributed by atoms with Crippen LogP contribution in [0.2, 0.25) is 0 Å². The van der Waals surface area contributed by atoms with Crippen molar-refractivity contribution in [3.05, 3.63) is 0 Å². The van der Waals surface area contributed by atoms with Crippen LogP contribution in [-0.2, 0) is 0 Å². The summed E-state index contributed by atoms with van der Waals surface area (Å²) >= 11 is 0. The molecule has 3 aliphatic rings. The van der Waals surface area contributed by atoms with Gasteiger partial charge in [0.1, 0.15) is 0 Å². The lowest BCUT2D eigenvalue weighted by molar-refractivity contribution is 0.206. The van der Waals surface area contributed by atoms with Crippen molar-refractivity contribution in [2.45, 2.75) is 59.3 Å². The molecule has 3 fully saturated rings. The molecule has 15 heavy (non-hydrogen) atoms. The summed E-state index contributed by atoms with van der Waals surface area (Å²) in [5.41, 5.74) is 0.921. The van der Waals surface area contributed by atoms with E-state index in [0.29, 0.717) is 0 Å². The normalized spacial score (nSPS) is 53.0. The molecule has 0 bridgehead atoms. The fraction of sp³-hybridized carbons (Fsp3) is 1.00. The Labute approximate surface area is 94.8 Å². The van der Waals surface area contributed by atoms with E-state index in [1.807, 2.05) is 0 Å². The Balaban J connectivity index is 1.71. The summed E-state index contributed by atoms with van der Waals surface area (Å²) in [6.45, 7) is 7.32. The van der Waals surface area contributed by atoms with Crippen molar-refractivity contribution in [3.8, 4) is 0 Å². The van der Waals surface area contributed by atoms with Gasteiger partial charge in [-0.15, -0.1) is 0 Å². The predicted octanol–water partition coefficient (Wildman–Crippen LogP) is 4.49. The Hall–Kier alpha value is 0. The first kappa shape index (κ1) is 10.2. The highest BCUT2D eigenvalue weighted by Gasteiger charge is 2.78. The van der Waals surface area contributed by atoms with Crippen molar-refractivity contribution in [2.75, 3.05) is 0 Å². The van der Waals surface area contributed by atoms with Crippen LogP contribution in [0.4, 0.5) is 0 Å². The molecule has 3 saturated carbocycles. The molecule has 0 aliphatic heterocycles. The molecule has 0 nitrogen and oxygen atoms in total. The van der Waals surface area contributed by atoms with Crippen LogP contribution in [-0.4, -0.2) is 0 Å². The molecule has 3 aliphatic carbocycles. The van der Waals surface area contributed by atoms with Crippen molar-refractivity contribution in [3.63, 3.8) is 0 Å². The summed E-state index contributed by atoms with van der Waals surface area (Å²) in [5, 5.41) is 0. The molecule has 6 unspecified atom stereocenters. The van der Waals surface area contributed by atoms with E-state index in [0.717, 1.165) is 29.1 Å². The summed E-state index contributed by atoms with van der Waals surface area (Å²) in [5.74, 6) is 5.61. The quantitative estimate of drug-likeness (QED) is 0.635. The Bertz CT molecular complexity index is 257. The van der Waals surface area contributed by atoms with Crippen LogP contribution in [0.25, 0.3) is 0 Å². The third kappa shape index (κ3) is 1.20. The molecular formula is C15H26. The molecule has 0 aromatic heterocycles. The molecule has 0 N–H and O–H groups in total. The molecule has 0 heterocycles. The lowest BCUT2D eigenvalue weighted by atomic mass is 9.76. The van der Waals surface area contributed by atoms with E-state index in [-0.39, 0.29) is 0 Å². The van der Waals surface area contributed by atoms with Crippen LogP contribution < -0.4 is 0 Å². The van der Waals surface area contributed by atoms with Crippen LogP contribution >= 0.6 is 0 Å². The average molecular weight is 206 g/mol. The van der Waals surface area contributed by atoms with Gasteiger partial charge in [0.05, 0.1) is 0 Å². The highest BCUT2D eigenvalue weighted by atomic mass is 14.8. The molecule has 0 aromatic carbocycles. The molecule has 86 valence electrons. The maximum Gasteiger partial charge on any atom is -0.0204 e. The molecule has 1 spiro atoms. The topological polar surface area (TPSA) is 0 Å². The van der Waals surface area contributed by atoms with E-state index in [4.69, 9.17) is 0 Å². The van der Waals surface area contributed by atoms with Crippen molar-refractivity contribution < 1.29 is 0 Å². The van der Waals surface area contributed by atoms with Crippen molar-refractivity contribution in [1.82, 2.24) is 0 Å². The highest BCUT2D eigenvalue weighted by Crippen LogP contribution is 2.84. The summed E-state index contributed by atoms with van der Waals surface area (Å²) < 4.78 is 0. The fourth-order valence-corrected chi connectivity index (χ4v) is 5.36. The summed E-state index contributed by atoms with van der Waals surface area (Å²) in [4.78, 5) is 0. The zero-order valence-corrected chi connectivity index (χ0v) is 10.6. The van der Waals surface area contributed by atoms with Gasteiger partial charge in [0, 0.05) is 0 Å². The van der Waals surface area contributed by atoms with Crippen LogP contribution in [0, 0.1) is 35.0 Å². The third-order valence-corrected chi connectivity index (χ3v) is 6.20. The summed E-state index contributed by atoms with van der Waals surface area (Å²) in [6.07, 6.45) is 9.07. The van der Waals surface area contributed by atoms with E-state index >= 15 is 0 Å². The van der Waals surface area contributed by atoms with E-state index < -0.39 is 0 Å². The Morgan fingerprint density at radius 3 is 2.73 bits per heavy atom. The van der Waals surface area contributed by atoms with Crippen molar-refractivity contribution >= 4 is 0 Å². The minimum atomic E-state index is 0.921. The number of hydrogen-bond acceptors (Lipinski definition) is 0. The van der Waals surface area contributed by atoms with Gasteiger partial charge in [0.2, 0.25) is 0 Å². The van der Waals surface area contributed by atoms with E-state index in [1.54, 1.807) is 19.3 Å². The Kier molecular flexibility index (Phi) is 2.20. The van der Waals surface area contributed by atoms with Gasteiger partial charge in [0.15, 0.2) is 0 Å². The van der Waals surface area contributed by atoms with E-state index in [2.05, 4.69) is 20.8 Å². The molecule has 6 atom stereocenters. The lowest BCUT2D eigenvalue weighted by Gasteiger charge is -2.29. The lowest BCUT2D eigenvalue weighted by Crippen LogP contribution is -2.20. The standard InChI is InChI=1S/C15H26/c1-4-6-11(5-2)13-8-7-12-9-15(12)10(3)14(13)15/h10-14H,4-9H2,1-3H3. The minimum Gasteiger partial charge on any atom is -0.0654 e. The predicted molar refractivity (Wildman–Crippen MR) is 64.6 cm³/mol. The second-order valence-electron chi connectivity index (χ2n) is 6.53. The van der Waals surface area contributed by atoms with Gasteiger partial charge in [0.25, 0.3) is 0 Å². The molecule has 0 heteroatoms. The monoisotopic (exact) mass is 206 g/mol. The molecule has 0 amide bonds. The zero-order chi connectivity index (χ0) is 10.6. The van der Waals surface area contributed by atoms with Crippen molar-refractivity contribution in [1.29, 1.82) is 0 Å². The van der Waals surface area contributed by atoms with Gasteiger partial charge in [-0.25, -0.2) is 0 Å². The van der Waals surface area contributed by atoms with Gasteiger partial charge in [-0.3, -0.25) is 0 Å². The van der Waals surface area contributed by atoms with Gasteiger partial charge in [-0.05, 0) is 54.3 Å². The third-order valence-electron chi connectivity index (χ3n) is 6.20. The zero-order valence-electron chi connectivity index (χ0n) is 10.6. The fourth-order valence-electron chi connectivity index (χ4n) is 5.36. The van der Waals surface area contributed by atoms with Gasteiger partial charge >= 0.3 is 0 Å². The SMILES string of the molecule is CCCC(CC)C1CCC2CC23C(C)C13. The maximum atomic E-state index is 2.54. The molecule has 0 saturated heterocycles. The Morgan fingerprint density at radius 1 is 1.27 bits per heavy atom. The number of hydrogen-bond donors (Lipinski definition) is 0. The largest absolute Gasteiger partial charge is 0.0654 e. The molecule has 0 aromatic rings. The van der Waals surface area contributed by atoms with Gasteiger partial charge in [-0.2, -0.15) is 0 Å². The summed E-state index contributed by atoms with van der Waals surface area (Å²) in [6, 6.07) is 0. The van der Waals surface area contributed by atoms with Gasteiger partial charge < -0.3 is 0 Å².